The fourth-order valence-electron chi connectivity index (χ4n) is 4.00. The van der Waals surface area contributed by atoms with Crippen molar-refractivity contribution < 1.29 is 4.74 Å². The lowest BCUT2D eigenvalue weighted by atomic mass is 10.0. The minimum absolute atomic E-state index is 0.874. The van der Waals surface area contributed by atoms with Crippen molar-refractivity contribution in [2.24, 2.45) is 0 Å². The number of aromatic nitrogens is 1. The van der Waals surface area contributed by atoms with Crippen molar-refractivity contribution in [2.75, 3.05) is 38.6 Å². The third kappa shape index (κ3) is 5.18. The normalized spacial score (nSPS) is 11.5. The number of methoxy groups -OCH3 is 1. The number of hydrogen-bond acceptors (Lipinski definition) is 4. The fourth-order valence-corrected chi connectivity index (χ4v) is 4.00. The second-order valence-electron chi connectivity index (χ2n) is 7.69. The Bertz CT molecular complexity index is 934. The van der Waals surface area contributed by atoms with Crippen molar-refractivity contribution in [3.05, 3.63) is 42.0 Å². The molecule has 0 fully saturated rings. The van der Waals surface area contributed by atoms with Gasteiger partial charge >= 0.3 is 0 Å². The summed E-state index contributed by atoms with van der Waals surface area (Å²) < 4.78 is 5.56. The van der Waals surface area contributed by atoms with Crippen LogP contribution >= 0.6 is 0 Å². The van der Waals surface area contributed by atoms with Gasteiger partial charge in [0.15, 0.2) is 0 Å². The Morgan fingerprint density at radius 2 is 1.72 bits per heavy atom. The van der Waals surface area contributed by atoms with Crippen molar-refractivity contribution in [3.8, 4) is 5.75 Å². The number of rotatable bonds is 11. The van der Waals surface area contributed by atoms with Crippen LogP contribution in [-0.4, -0.2) is 43.2 Å². The Balaban J connectivity index is 1.67. The fraction of sp³-hybridized carbons (Fsp3) is 0.480. The predicted octanol–water partition coefficient (Wildman–Crippen LogP) is 6.02. The average Bonchev–Trinajstić information content (AvgIpc) is 2.76. The van der Waals surface area contributed by atoms with Gasteiger partial charge in [-0.1, -0.05) is 44.9 Å². The third-order valence-electron chi connectivity index (χ3n) is 5.87. The van der Waals surface area contributed by atoms with Crippen LogP contribution in [0, 0.1) is 6.92 Å². The van der Waals surface area contributed by atoms with Crippen LogP contribution in [0.15, 0.2) is 36.4 Å². The minimum Gasteiger partial charge on any atom is -0.497 e. The lowest BCUT2D eigenvalue weighted by Gasteiger charge is -2.17. The van der Waals surface area contributed by atoms with Crippen LogP contribution in [0.25, 0.3) is 21.8 Å². The summed E-state index contributed by atoms with van der Waals surface area (Å²) in [6.07, 6.45) is 5.00. The molecule has 1 aromatic heterocycles. The van der Waals surface area contributed by atoms with Crippen LogP contribution in [-0.2, 0) is 0 Å². The molecule has 0 bridgehead atoms. The molecular weight excluding hydrogens is 358 g/mol. The number of benzene rings is 2. The van der Waals surface area contributed by atoms with E-state index < -0.39 is 0 Å². The first-order valence-corrected chi connectivity index (χ1v) is 11.0. The van der Waals surface area contributed by atoms with Gasteiger partial charge in [-0.25, -0.2) is 4.98 Å². The highest BCUT2D eigenvalue weighted by Gasteiger charge is 2.11. The highest BCUT2D eigenvalue weighted by molar-refractivity contribution is 6.02. The Kier molecular flexibility index (Phi) is 7.70. The first-order valence-electron chi connectivity index (χ1n) is 11.0. The van der Waals surface area contributed by atoms with Crippen molar-refractivity contribution in [1.29, 1.82) is 0 Å². The minimum atomic E-state index is 0.874. The molecule has 0 unspecified atom stereocenters. The lowest BCUT2D eigenvalue weighted by Crippen LogP contribution is -2.23. The zero-order valence-electron chi connectivity index (χ0n) is 18.4. The van der Waals surface area contributed by atoms with Gasteiger partial charge in [-0.05, 0) is 57.1 Å². The molecule has 2 aromatic carbocycles. The summed E-state index contributed by atoms with van der Waals surface area (Å²) in [6, 6.07) is 12.5. The van der Waals surface area contributed by atoms with Gasteiger partial charge in [0.1, 0.15) is 5.75 Å². The quantitative estimate of drug-likeness (QED) is 0.319. The summed E-state index contributed by atoms with van der Waals surface area (Å²) in [4.78, 5) is 7.46. The molecule has 0 saturated carbocycles. The zero-order chi connectivity index (χ0) is 20.6. The molecule has 0 radical (unpaired) electrons. The van der Waals surface area contributed by atoms with Crippen LogP contribution < -0.4 is 10.1 Å². The van der Waals surface area contributed by atoms with Gasteiger partial charge in [0.25, 0.3) is 0 Å². The van der Waals surface area contributed by atoms with E-state index in [0.717, 1.165) is 47.5 Å². The topological polar surface area (TPSA) is 37.4 Å². The monoisotopic (exact) mass is 393 g/mol. The number of para-hydroxylation sites is 1. The van der Waals surface area contributed by atoms with Gasteiger partial charge in [0.2, 0.25) is 0 Å². The summed E-state index contributed by atoms with van der Waals surface area (Å²) in [6.45, 7) is 11.1. The zero-order valence-corrected chi connectivity index (χ0v) is 18.4. The van der Waals surface area contributed by atoms with Crippen LogP contribution in [0.2, 0.25) is 0 Å². The SMILES string of the molecule is CCN(CC)CCCCCCNc1cc(OC)cc2c(C)c3ccccc3nc12. The molecule has 1 heterocycles. The van der Waals surface area contributed by atoms with Crippen LogP contribution in [0.5, 0.6) is 5.75 Å². The lowest BCUT2D eigenvalue weighted by molar-refractivity contribution is 0.295. The highest BCUT2D eigenvalue weighted by Crippen LogP contribution is 2.33. The van der Waals surface area contributed by atoms with Gasteiger partial charge in [-0.3, -0.25) is 0 Å². The molecule has 0 atom stereocenters. The first kappa shape index (κ1) is 21.4. The third-order valence-corrected chi connectivity index (χ3v) is 5.87. The van der Waals surface area contributed by atoms with Crippen LogP contribution in [0.1, 0.15) is 45.1 Å². The smallest absolute Gasteiger partial charge is 0.121 e. The van der Waals surface area contributed by atoms with Crippen molar-refractivity contribution in [2.45, 2.75) is 46.5 Å². The summed E-state index contributed by atoms with van der Waals surface area (Å²) in [5, 5.41) is 5.98. The molecule has 156 valence electrons. The van der Waals surface area contributed by atoms with E-state index in [1.807, 2.05) is 0 Å². The predicted molar refractivity (Wildman–Crippen MR) is 125 cm³/mol. The van der Waals surface area contributed by atoms with E-state index in [-0.39, 0.29) is 0 Å². The van der Waals surface area contributed by atoms with E-state index >= 15 is 0 Å². The number of nitrogens with one attached hydrogen (secondary N) is 1. The van der Waals surface area contributed by atoms with E-state index in [2.05, 4.69) is 67.4 Å². The number of pyridine rings is 1. The molecule has 0 saturated heterocycles. The van der Waals surface area contributed by atoms with E-state index in [1.54, 1.807) is 7.11 Å². The van der Waals surface area contributed by atoms with Crippen molar-refractivity contribution in [1.82, 2.24) is 9.88 Å². The maximum atomic E-state index is 5.56. The molecular formula is C25H35N3O. The Hall–Kier alpha value is -2.33. The van der Waals surface area contributed by atoms with Crippen molar-refractivity contribution in [3.63, 3.8) is 0 Å². The highest BCUT2D eigenvalue weighted by atomic mass is 16.5. The molecule has 0 aliphatic carbocycles. The number of ether oxygens (including phenoxy) is 1. The maximum absolute atomic E-state index is 5.56. The second-order valence-corrected chi connectivity index (χ2v) is 7.69. The number of hydrogen-bond donors (Lipinski definition) is 1. The summed E-state index contributed by atoms with van der Waals surface area (Å²) in [5.74, 6) is 0.874. The Morgan fingerprint density at radius 3 is 2.48 bits per heavy atom. The molecule has 29 heavy (non-hydrogen) atoms. The number of unbranched alkanes of at least 4 members (excludes halogenated alkanes) is 3. The molecule has 0 spiro atoms. The Morgan fingerprint density at radius 1 is 0.966 bits per heavy atom. The first-order chi connectivity index (χ1) is 14.2. The van der Waals surface area contributed by atoms with E-state index in [1.165, 1.54) is 43.2 Å². The molecule has 4 nitrogen and oxygen atoms in total. The van der Waals surface area contributed by atoms with Gasteiger partial charge in [-0.2, -0.15) is 0 Å². The van der Waals surface area contributed by atoms with Gasteiger partial charge in [-0.15, -0.1) is 0 Å². The molecule has 3 aromatic rings. The van der Waals surface area contributed by atoms with Crippen LogP contribution in [0.3, 0.4) is 0 Å². The van der Waals surface area contributed by atoms with Gasteiger partial charge in [0, 0.05) is 23.4 Å². The summed E-state index contributed by atoms with van der Waals surface area (Å²) >= 11 is 0. The standard InChI is InChI=1S/C25H35N3O/c1-5-28(6-2)16-12-8-7-11-15-26-24-18-20(29-4)17-22-19(3)21-13-9-10-14-23(21)27-25(22)24/h9-10,13-14,17-18,26H,5-8,11-12,15-16H2,1-4H3. The van der Waals surface area contributed by atoms with E-state index in [9.17, 15) is 0 Å². The molecule has 1 N–H and O–H groups in total. The Labute approximate surface area is 175 Å². The molecule has 3 rings (SSSR count). The largest absolute Gasteiger partial charge is 0.497 e. The van der Waals surface area contributed by atoms with Crippen LogP contribution in [0.4, 0.5) is 5.69 Å². The number of aryl methyl sites for hydroxylation is 1. The number of fused-ring (bicyclic) bond motifs is 2. The molecule has 0 amide bonds. The maximum Gasteiger partial charge on any atom is 0.121 e. The molecule has 4 heteroatoms. The van der Waals surface area contributed by atoms with Crippen molar-refractivity contribution >= 4 is 27.5 Å². The van der Waals surface area contributed by atoms with Gasteiger partial charge in [0.05, 0.1) is 23.8 Å². The van der Waals surface area contributed by atoms with Gasteiger partial charge < -0.3 is 15.0 Å². The average molecular weight is 394 g/mol. The van der Waals surface area contributed by atoms with E-state index in [4.69, 9.17) is 9.72 Å². The summed E-state index contributed by atoms with van der Waals surface area (Å²) in [7, 11) is 1.73. The summed E-state index contributed by atoms with van der Waals surface area (Å²) in [5.41, 5.74) is 4.39. The molecule has 0 aliphatic rings. The number of anilines is 1. The molecule has 0 aliphatic heterocycles. The van der Waals surface area contributed by atoms with E-state index in [0.29, 0.717) is 0 Å². The number of nitrogens with zero attached hydrogens (tertiary/aromatic N) is 2. The second kappa shape index (κ2) is 10.4.